The first-order chi connectivity index (χ1) is 31.3. The molecule has 5 aromatic rings. The van der Waals surface area contributed by atoms with E-state index in [0.717, 1.165) is 98.8 Å². The van der Waals surface area contributed by atoms with Crippen LogP contribution in [0.1, 0.15) is 107 Å². The number of imidazole rings is 2. The van der Waals surface area contributed by atoms with Crippen LogP contribution in [0.15, 0.2) is 96.5 Å². The molecule has 17 heteroatoms. The second-order valence-electron chi connectivity index (χ2n) is 15.8. The summed E-state index contributed by atoms with van der Waals surface area (Å²) in [6.07, 6.45) is 27.9. The van der Waals surface area contributed by atoms with Gasteiger partial charge < -0.3 is 26.5 Å². The number of ketones is 1. The minimum Gasteiger partial charge on any atom is -0.443 e. The lowest BCUT2D eigenvalue weighted by atomic mass is 10.1. The van der Waals surface area contributed by atoms with Gasteiger partial charge in [-0.2, -0.15) is 0 Å². The standard InChI is InChI=1S/C22H28N6O.C15H23N3O2.C11H12N4O/c23-22-24-16-19(25-22)10-5-2-6-11-20-17-28(27-26-20)15-7-12-21(29)14-13-18-8-3-1-4-9-18;1-5-6-7-8-9-10-12-11-18(13(16)17-12)14(19)20-15(2,3)4;12-15-14-9-8-13-11(16)7-6-10-4-2-1-3-5-10/h1,3-4,8-9,13-14,16-17H,2,5-7,10-12,15H2,(H3,23,24,25);1,11H,6-10H2,2-4H3,(H2,16,17);1-7H,8-9H2,(H,13,16)/b14-13+;;7-6+. The quantitative estimate of drug-likeness (QED) is 0.0128. The zero-order valence-corrected chi connectivity index (χ0v) is 37.8. The van der Waals surface area contributed by atoms with Crippen molar-refractivity contribution in [2.24, 2.45) is 5.11 Å². The number of unbranched alkanes of at least 4 members (excludes halogenated alkanes) is 5. The number of carbonyl (C=O) groups excluding carboxylic acids is 3. The number of allylic oxidation sites excluding steroid dienone is 1. The SMILES string of the molecule is C#CCCCCCc1cn(C(=O)OC(C)(C)C)c(N)n1.Nc1ncc(CCCCCc2cn(CCCC(=O)/C=C/c3ccccc3)nn2)[nH]1.[N-]=[N+]=NCCNC(=O)/C=C/c1ccccc1. The van der Waals surface area contributed by atoms with Gasteiger partial charge in [0.2, 0.25) is 11.9 Å². The molecule has 5 rings (SSSR count). The van der Waals surface area contributed by atoms with Gasteiger partial charge in [-0.1, -0.05) is 89.9 Å². The maximum absolute atomic E-state index is 12.0. The Morgan fingerprint density at radius 3 is 2.17 bits per heavy atom. The zero-order valence-electron chi connectivity index (χ0n) is 37.8. The van der Waals surface area contributed by atoms with Crippen molar-refractivity contribution in [3.05, 3.63) is 130 Å². The zero-order chi connectivity index (χ0) is 47.1. The molecule has 0 unspecified atom stereocenters. The number of carbonyl (C=O) groups is 3. The Balaban J connectivity index is 0.000000273. The van der Waals surface area contributed by atoms with Gasteiger partial charge >= 0.3 is 6.09 Å². The van der Waals surface area contributed by atoms with Crippen LogP contribution < -0.4 is 16.8 Å². The Bertz CT molecular complexity index is 2310. The van der Waals surface area contributed by atoms with Crippen LogP contribution in [0.3, 0.4) is 0 Å². The number of nitrogens with two attached hydrogens (primary N) is 2. The second kappa shape index (κ2) is 29.8. The van der Waals surface area contributed by atoms with E-state index in [-0.39, 0.29) is 24.2 Å². The highest BCUT2D eigenvalue weighted by Crippen LogP contribution is 2.15. The van der Waals surface area contributed by atoms with Crippen molar-refractivity contribution >= 4 is 41.8 Å². The highest BCUT2D eigenvalue weighted by molar-refractivity contribution is 5.93. The van der Waals surface area contributed by atoms with E-state index in [9.17, 15) is 14.4 Å². The van der Waals surface area contributed by atoms with Gasteiger partial charge in [0.1, 0.15) is 5.60 Å². The number of H-pyrrole nitrogens is 1. The van der Waals surface area contributed by atoms with Gasteiger partial charge in [-0.15, -0.1) is 17.4 Å². The summed E-state index contributed by atoms with van der Waals surface area (Å²) in [6, 6.07) is 19.4. The number of benzene rings is 2. The number of hydrogen-bond acceptors (Lipinski definition) is 11. The van der Waals surface area contributed by atoms with Gasteiger partial charge in [0.05, 0.1) is 17.6 Å². The fourth-order valence-electron chi connectivity index (χ4n) is 5.92. The first-order valence-corrected chi connectivity index (χ1v) is 21.8. The minimum absolute atomic E-state index is 0.133. The van der Waals surface area contributed by atoms with Gasteiger partial charge in [0, 0.05) is 61.6 Å². The highest BCUT2D eigenvalue weighted by Gasteiger charge is 2.20. The maximum atomic E-state index is 12.0. The molecule has 65 heavy (non-hydrogen) atoms. The third kappa shape index (κ3) is 23.5. The topological polar surface area (TPSA) is 250 Å². The third-order valence-electron chi connectivity index (χ3n) is 9.11. The lowest BCUT2D eigenvalue weighted by Gasteiger charge is -2.19. The van der Waals surface area contributed by atoms with E-state index < -0.39 is 11.7 Å². The number of amides is 1. The predicted octanol–water partition coefficient (Wildman–Crippen LogP) is 8.71. The molecule has 0 saturated carbocycles. The number of aromatic nitrogens is 7. The van der Waals surface area contributed by atoms with Crippen molar-refractivity contribution in [3.8, 4) is 12.3 Å². The van der Waals surface area contributed by atoms with Crippen molar-refractivity contribution < 1.29 is 19.1 Å². The van der Waals surface area contributed by atoms with E-state index in [0.29, 0.717) is 25.5 Å². The maximum Gasteiger partial charge on any atom is 0.421 e. The number of anilines is 2. The molecule has 344 valence electrons. The van der Waals surface area contributed by atoms with Gasteiger partial charge in [0.15, 0.2) is 11.7 Å². The normalized spacial score (nSPS) is 10.9. The summed E-state index contributed by atoms with van der Waals surface area (Å²) in [5, 5.41) is 14.3. The Kier molecular flexibility index (Phi) is 23.8. The minimum atomic E-state index is -0.552. The van der Waals surface area contributed by atoms with Gasteiger partial charge in [-0.05, 0) is 101 Å². The molecular formula is C48H63N13O4. The van der Waals surface area contributed by atoms with Gasteiger partial charge in [-0.25, -0.2) is 19.3 Å². The van der Waals surface area contributed by atoms with Crippen LogP contribution >= 0.6 is 0 Å². The second-order valence-corrected chi connectivity index (χ2v) is 15.8. The van der Waals surface area contributed by atoms with Crippen LogP contribution in [0.5, 0.6) is 0 Å². The Labute approximate surface area is 381 Å². The lowest BCUT2D eigenvalue weighted by molar-refractivity contribution is -0.116. The number of nitrogens with zero attached hydrogens (tertiary/aromatic N) is 9. The number of rotatable bonds is 22. The van der Waals surface area contributed by atoms with Gasteiger partial charge in [-0.3, -0.25) is 14.3 Å². The molecule has 0 spiro atoms. The van der Waals surface area contributed by atoms with Crippen LogP contribution in [0, 0.1) is 12.3 Å². The Morgan fingerprint density at radius 1 is 0.892 bits per heavy atom. The van der Waals surface area contributed by atoms with Crippen LogP contribution in [-0.4, -0.2) is 71.0 Å². The molecule has 2 aromatic carbocycles. The molecular weight excluding hydrogens is 823 g/mol. The van der Waals surface area contributed by atoms with E-state index in [1.54, 1.807) is 24.5 Å². The largest absolute Gasteiger partial charge is 0.443 e. The average molecular weight is 886 g/mol. The van der Waals surface area contributed by atoms with Crippen LogP contribution in [-0.2, 0) is 40.1 Å². The molecule has 17 nitrogen and oxygen atoms in total. The molecule has 0 aliphatic heterocycles. The predicted molar refractivity (Wildman–Crippen MR) is 256 cm³/mol. The molecule has 1 amide bonds. The summed E-state index contributed by atoms with van der Waals surface area (Å²) in [7, 11) is 0. The molecule has 0 radical (unpaired) electrons. The number of azide groups is 1. The van der Waals surface area contributed by atoms with E-state index in [4.69, 9.17) is 28.2 Å². The van der Waals surface area contributed by atoms with Crippen molar-refractivity contribution in [1.82, 2.24) is 39.8 Å². The molecule has 0 fully saturated rings. The van der Waals surface area contributed by atoms with E-state index in [1.165, 1.54) is 10.6 Å². The smallest absolute Gasteiger partial charge is 0.421 e. The van der Waals surface area contributed by atoms with Crippen LogP contribution in [0.2, 0.25) is 0 Å². The Hall–Kier alpha value is -7.44. The summed E-state index contributed by atoms with van der Waals surface area (Å²) in [5.41, 5.74) is 23.7. The van der Waals surface area contributed by atoms with E-state index >= 15 is 0 Å². The first-order valence-electron chi connectivity index (χ1n) is 21.8. The lowest BCUT2D eigenvalue weighted by Crippen LogP contribution is -2.27. The van der Waals surface area contributed by atoms with Crippen LogP contribution in [0.4, 0.5) is 16.7 Å². The number of nitrogens with one attached hydrogen (secondary N) is 2. The molecule has 0 aliphatic carbocycles. The molecule has 0 bridgehead atoms. The number of terminal acetylenes is 1. The number of ether oxygens (including phenoxy) is 1. The molecule has 6 N–H and O–H groups in total. The number of nitrogen functional groups attached to an aromatic ring is 2. The number of aromatic amines is 1. The molecule has 3 heterocycles. The monoisotopic (exact) mass is 886 g/mol. The average Bonchev–Trinajstić information content (AvgIpc) is 4.03. The molecule has 0 aliphatic rings. The summed E-state index contributed by atoms with van der Waals surface area (Å²) in [4.78, 5) is 48.9. The fourth-order valence-corrected chi connectivity index (χ4v) is 5.92. The van der Waals surface area contributed by atoms with Crippen molar-refractivity contribution in [2.75, 3.05) is 24.6 Å². The summed E-state index contributed by atoms with van der Waals surface area (Å²) in [6.45, 7) is 6.75. The molecule has 3 aromatic heterocycles. The van der Waals surface area contributed by atoms with Crippen molar-refractivity contribution in [2.45, 2.75) is 110 Å². The van der Waals surface area contributed by atoms with E-state index in [2.05, 4.69) is 46.5 Å². The summed E-state index contributed by atoms with van der Waals surface area (Å²) < 4.78 is 8.34. The molecule has 0 atom stereocenters. The summed E-state index contributed by atoms with van der Waals surface area (Å²) in [5.74, 6) is 3.19. The highest BCUT2D eigenvalue weighted by atomic mass is 16.6. The third-order valence-corrected chi connectivity index (χ3v) is 9.11. The first kappa shape index (κ1) is 51.9. The van der Waals surface area contributed by atoms with Crippen molar-refractivity contribution in [1.29, 1.82) is 0 Å². The molecule has 0 saturated heterocycles. The Morgan fingerprint density at radius 2 is 1.54 bits per heavy atom. The summed E-state index contributed by atoms with van der Waals surface area (Å²) >= 11 is 0. The van der Waals surface area contributed by atoms with E-state index in [1.807, 2.05) is 98.4 Å². The van der Waals surface area contributed by atoms with Crippen LogP contribution in [0.25, 0.3) is 22.6 Å². The van der Waals surface area contributed by atoms with Crippen molar-refractivity contribution in [3.63, 3.8) is 0 Å². The number of hydrogen-bond donors (Lipinski definition) is 4. The fraction of sp³-hybridized carbons (Fsp3) is 0.396. The number of aryl methyl sites for hydroxylation is 4. The van der Waals surface area contributed by atoms with Gasteiger partial charge in [0.25, 0.3) is 0 Å².